The van der Waals surface area contributed by atoms with Crippen LogP contribution in [0, 0.1) is 5.41 Å². The molecule has 100 valence electrons. The van der Waals surface area contributed by atoms with Crippen molar-refractivity contribution in [2.75, 3.05) is 24.5 Å². The molecule has 3 heteroatoms. The van der Waals surface area contributed by atoms with E-state index in [0.717, 1.165) is 30.1 Å². The van der Waals surface area contributed by atoms with E-state index < -0.39 is 0 Å². The van der Waals surface area contributed by atoms with E-state index in [2.05, 4.69) is 36.9 Å². The molecule has 0 atom stereocenters. The van der Waals surface area contributed by atoms with Crippen molar-refractivity contribution in [2.45, 2.75) is 33.1 Å². The molecule has 1 aromatic rings. The van der Waals surface area contributed by atoms with E-state index in [4.69, 9.17) is 17.3 Å². The molecular formula is C15H23ClN2. The van der Waals surface area contributed by atoms with Crippen molar-refractivity contribution in [3.05, 3.63) is 28.8 Å². The summed E-state index contributed by atoms with van der Waals surface area (Å²) in [6.45, 7) is 7.60. The highest BCUT2D eigenvalue weighted by Gasteiger charge is 2.25. The van der Waals surface area contributed by atoms with Gasteiger partial charge in [0.1, 0.15) is 0 Å². The molecule has 0 bridgehead atoms. The molecule has 0 amide bonds. The van der Waals surface area contributed by atoms with Gasteiger partial charge in [0, 0.05) is 23.8 Å². The van der Waals surface area contributed by atoms with Crippen molar-refractivity contribution in [2.24, 2.45) is 11.1 Å². The zero-order chi connectivity index (χ0) is 13.2. The Morgan fingerprint density at radius 1 is 1.28 bits per heavy atom. The number of rotatable bonds is 3. The highest BCUT2D eigenvalue weighted by Crippen LogP contribution is 2.33. The molecule has 1 aliphatic heterocycles. The highest BCUT2D eigenvalue weighted by atomic mass is 35.5. The predicted molar refractivity (Wildman–Crippen MR) is 79.4 cm³/mol. The van der Waals surface area contributed by atoms with Gasteiger partial charge in [-0.25, -0.2) is 0 Å². The van der Waals surface area contributed by atoms with Crippen LogP contribution in [0.15, 0.2) is 18.2 Å². The smallest absolute Gasteiger partial charge is 0.0459 e. The quantitative estimate of drug-likeness (QED) is 0.908. The Labute approximate surface area is 115 Å². The first-order valence-electron chi connectivity index (χ1n) is 6.75. The summed E-state index contributed by atoms with van der Waals surface area (Å²) in [4.78, 5) is 2.43. The second kappa shape index (κ2) is 5.50. The Kier molecular flexibility index (Phi) is 4.18. The lowest BCUT2D eigenvalue weighted by atomic mass is 9.82. The van der Waals surface area contributed by atoms with Crippen LogP contribution in [-0.2, 0) is 6.42 Å². The minimum Gasteiger partial charge on any atom is -0.371 e. The standard InChI is InChI=1S/C15H23ClN2/c1-15(2)6-9-18(10-7-15)13-4-3-12(5-8-17)14(16)11-13/h3-4,11H,5-10,17H2,1-2H3. The number of nitrogens with two attached hydrogens (primary N) is 1. The maximum Gasteiger partial charge on any atom is 0.0459 e. The fraction of sp³-hybridized carbons (Fsp3) is 0.600. The van der Waals surface area contributed by atoms with Gasteiger partial charge in [-0.15, -0.1) is 0 Å². The van der Waals surface area contributed by atoms with E-state index in [1.807, 2.05) is 0 Å². The molecule has 18 heavy (non-hydrogen) atoms. The minimum absolute atomic E-state index is 0.486. The first kappa shape index (κ1) is 13.7. The van der Waals surface area contributed by atoms with Gasteiger partial charge in [-0.2, -0.15) is 0 Å². The van der Waals surface area contributed by atoms with Crippen LogP contribution in [0.2, 0.25) is 5.02 Å². The first-order valence-corrected chi connectivity index (χ1v) is 7.13. The summed E-state index contributed by atoms with van der Waals surface area (Å²) in [5.41, 5.74) is 8.46. The summed E-state index contributed by atoms with van der Waals surface area (Å²) in [5.74, 6) is 0. The molecule has 1 aromatic carbocycles. The molecule has 2 nitrogen and oxygen atoms in total. The summed E-state index contributed by atoms with van der Waals surface area (Å²) in [6, 6.07) is 6.38. The summed E-state index contributed by atoms with van der Waals surface area (Å²) in [5, 5.41) is 0.850. The van der Waals surface area contributed by atoms with Crippen molar-refractivity contribution < 1.29 is 0 Å². The average molecular weight is 267 g/mol. The second-order valence-electron chi connectivity index (χ2n) is 5.97. The zero-order valence-electron chi connectivity index (χ0n) is 11.4. The van der Waals surface area contributed by atoms with Gasteiger partial charge in [0.2, 0.25) is 0 Å². The molecule has 1 saturated heterocycles. The van der Waals surface area contributed by atoms with E-state index >= 15 is 0 Å². The molecule has 0 aliphatic carbocycles. The Morgan fingerprint density at radius 2 is 1.94 bits per heavy atom. The lowest BCUT2D eigenvalue weighted by Crippen LogP contribution is -2.37. The van der Waals surface area contributed by atoms with Gasteiger partial charge in [-0.05, 0) is 48.9 Å². The van der Waals surface area contributed by atoms with E-state index in [1.165, 1.54) is 18.5 Å². The monoisotopic (exact) mass is 266 g/mol. The first-order chi connectivity index (χ1) is 8.52. The number of hydrogen-bond donors (Lipinski definition) is 1. The minimum atomic E-state index is 0.486. The molecule has 0 aromatic heterocycles. The molecule has 0 unspecified atom stereocenters. The van der Waals surface area contributed by atoms with Gasteiger partial charge < -0.3 is 10.6 Å². The molecular weight excluding hydrogens is 244 g/mol. The lowest BCUT2D eigenvalue weighted by Gasteiger charge is -2.38. The van der Waals surface area contributed by atoms with Crippen LogP contribution in [-0.4, -0.2) is 19.6 Å². The Bertz CT molecular complexity index is 405. The topological polar surface area (TPSA) is 29.3 Å². The third-order valence-electron chi connectivity index (χ3n) is 3.93. The Morgan fingerprint density at radius 3 is 2.50 bits per heavy atom. The van der Waals surface area contributed by atoms with Crippen LogP contribution in [0.5, 0.6) is 0 Å². The van der Waals surface area contributed by atoms with E-state index in [1.54, 1.807) is 0 Å². The van der Waals surface area contributed by atoms with Gasteiger partial charge in [-0.3, -0.25) is 0 Å². The number of piperidine rings is 1. The molecule has 0 saturated carbocycles. The number of halogens is 1. The molecule has 2 rings (SSSR count). The van der Waals surface area contributed by atoms with Gasteiger partial charge in [-0.1, -0.05) is 31.5 Å². The van der Waals surface area contributed by atoms with Gasteiger partial charge in [0.15, 0.2) is 0 Å². The van der Waals surface area contributed by atoms with Crippen LogP contribution in [0.25, 0.3) is 0 Å². The summed E-state index contributed by atoms with van der Waals surface area (Å²) < 4.78 is 0. The Hall–Kier alpha value is -0.730. The number of anilines is 1. The molecule has 0 spiro atoms. The van der Waals surface area contributed by atoms with Crippen molar-refractivity contribution in [3.8, 4) is 0 Å². The Balaban J connectivity index is 2.08. The zero-order valence-corrected chi connectivity index (χ0v) is 12.1. The maximum atomic E-state index is 6.30. The molecule has 1 fully saturated rings. The second-order valence-corrected chi connectivity index (χ2v) is 6.37. The van der Waals surface area contributed by atoms with E-state index in [-0.39, 0.29) is 0 Å². The van der Waals surface area contributed by atoms with Crippen LogP contribution in [0.4, 0.5) is 5.69 Å². The summed E-state index contributed by atoms with van der Waals surface area (Å²) in [7, 11) is 0. The number of nitrogens with zero attached hydrogens (tertiary/aromatic N) is 1. The number of benzene rings is 1. The number of hydrogen-bond acceptors (Lipinski definition) is 2. The molecule has 1 aliphatic rings. The molecule has 1 heterocycles. The van der Waals surface area contributed by atoms with Crippen molar-refractivity contribution in [3.63, 3.8) is 0 Å². The van der Waals surface area contributed by atoms with Crippen molar-refractivity contribution in [1.82, 2.24) is 0 Å². The fourth-order valence-corrected chi connectivity index (χ4v) is 2.73. The van der Waals surface area contributed by atoms with Crippen LogP contribution in [0.1, 0.15) is 32.3 Å². The lowest BCUT2D eigenvalue weighted by molar-refractivity contribution is 0.280. The van der Waals surface area contributed by atoms with Gasteiger partial charge in [0.25, 0.3) is 0 Å². The summed E-state index contributed by atoms with van der Waals surface area (Å²) in [6.07, 6.45) is 3.34. The van der Waals surface area contributed by atoms with Gasteiger partial charge in [0.05, 0.1) is 0 Å². The predicted octanol–water partition coefficient (Wildman–Crippen LogP) is 3.47. The SMILES string of the molecule is CC1(C)CCN(c2ccc(CCN)c(Cl)c2)CC1. The van der Waals surface area contributed by atoms with Crippen LogP contribution < -0.4 is 10.6 Å². The fourth-order valence-electron chi connectivity index (χ4n) is 2.46. The molecule has 0 radical (unpaired) electrons. The maximum absolute atomic E-state index is 6.30. The largest absolute Gasteiger partial charge is 0.371 e. The van der Waals surface area contributed by atoms with E-state index in [0.29, 0.717) is 12.0 Å². The average Bonchev–Trinajstić information content (AvgIpc) is 2.32. The third-order valence-corrected chi connectivity index (χ3v) is 4.28. The van der Waals surface area contributed by atoms with Crippen molar-refractivity contribution >= 4 is 17.3 Å². The summed E-state index contributed by atoms with van der Waals surface area (Å²) >= 11 is 6.30. The highest BCUT2D eigenvalue weighted by molar-refractivity contribution is 6.31. The van der Waals surface area contributed by atoms with Gasteiger partial charge >= 0.3 is 0 Å². The normalized spacial score (nSPS) is 19.0. The van der Waals surface area contributed by atoms with Crippen molar-refractivity contribution in [1.29, 1.82) is 0 Å². The van der Waals surface area contributed by atoms with Crippen LogP contribution >= 0.6 is 11.6 Å². The molecule has 2 N–H and O–H groups in total. The van der Waals surface area contributed by atoms with E-state index in [9.17, 15) is 0 Å². The third kappa shape index (κ3) is 3.18. The van der Waals surface area contributed by atoms with Crippen LogP contribution in [0.3, 0.4) is 0 Å².